The molecule has 0 fully saturated rings. The summed E-state index contributed by atoms with van der Waals surface area (Å²) in [5, 5.41) is 16.4. The standard InChI is InChI=1S/C31H41F2N3O4/c1-5-8-9-29(38)34-11-10-28(37)27(18-22-16-25(32)20-26(33)17-22)35-30(39)23-14-21(4)15-24(19-23)31(40)36(12-6-2)13-7-3/h5,14-17,19-20,27-28,37H,1,6-13,18H2,2-4H3,(H,34,38)(H,35,39)/t27-,28+/m0/s1. The Morgan fingerprint density at radius 2 is 1.62 bits per heavy atom. The fourth-order valence-corrected chi connectivity index (χ4v) is 4.47. The van der Waals surface area contributed by atoms with E-state index in [0.717, 1.165) is 36.6 Å². The first kappa shape index (κ1) is 32.6. The molecule has 218 valence electrons. The van der Waals surface area contributed by atoms with Gasteiger partial charge in [0, 0.05) is 43.2 Å². The Hall–Kier alpha value is -3.59. The Morgan fingerprint density at radius 1 is 1.00 bits per heavy atom. The van der Waals surface area contributed by atoms with E-state index in [-0.39, 0.29) is 48.7 Å². The number of aliphatic hydroxyl groups is 1. The molecular formula is C31H41F2N3O4. The van der Waals surface area contributed by atoms with Crippen LogP contribution in [0.3, 0.4) is 0 Å². The highest BCUT2D eigenvalue weighted by Crippen LogP contribution is 2.16. The van der Waals surface area contributed by atoms with Crippen LogP contribution in [0.15, 0.2) is 49.1 Å². The van der Waals surface area contributed by atoms with Crippen molar-refractivity contribution in [2.75, 3.05) is 19.6 Å². The van der Waals surface area contributed by atoms with Crippen LogP contribution in [-0.4, -0.2) is 59.5 Å². The van der Waals surface area contributed by atoms with Gasteiger partial charge in [-0.1, -0.05) is 19.9 Å². The van der Waals surface area contributed by atoms with Gasteiger partial charge in [-0.05, 0) is 80.5 Å². The molecule has 0 radical (unpaired) electrons. The minimum absolute atomic E-state index is 0.0512. The highest BCUT2D eigenvalue weighted by Gasteiger charge is 2.24. The molecule has 0 spiro atoms. The highest BCUT2D eigenvalue weighted by molar-refractivity contribution is 6.00. The van der Waals surface area contributed by atoms with Crippen LogP contribution in [0.5, 0.6) is 0 Å². The fraction of sp³-hybridized carbons (Fsp3) is 0.452. The van der Waals surface area contributed by atoms with Crippen molar-refractivity contribution in [1.82, 2.24) is 15.5 Å². The van der Waals surface area contributed by atoms with Crippen LogP contribution in [-0.2, 0) is 11.2 Å². The van der Waals surface area contributed by atoms with Crippen LogP contribution >= 0.6 is 0 Å². The number of benzene rings is 2. The van der Waals surface area contributed by atoms with Gasteiger partial charge >= 0.3 is 0 Å². The monoisotopic (exact) mass is 557 g/mol. The molecule has 0 saturated carbocycles. The molecule has 0 aliphatic heterocycles. The minimum Gasteiger partial charge on any atom is -0.391 e. The molecule has 2 rings (SSSR count). The number of hydrogen-bond donors (Lipinski definition) is 3. The number of carbonyl (C=O) groups is 3. The van der Waals surface area contributed by atoms with Gasteiger partial charge in [-0.25, -0.2) is 8.78 Å². The van der Waals surface area contributed by atoms with E-state index in [1.807, 2.05) is 13.8 Å². The second-order valence-corrected chi connectivity index (χ2v) is 9.98. The molecule has 2 atom stereocenters. The van der Waals surface area contributed by atoms with E-state index in [1.165, 1.54) is 6.07 Å². The summed E-state index contributed by atoms with van der Waals surface area (Å²) >= 11 is 0. The molecular weight excluding hydrogens is 516 g/mol. The van der Waals surface area contributed by atoms with Crippen LogP contribution in [0.2, 0.25) is 0 Å². The van der Waals surface area contributed by atoms with Gasteiger partial charge in [0.2, 0.25) is 5.91 Å². The quantitative estimate of drug-likeness (QED) is 0.261. The van der Waals surface area contributed by atoms with Crippen molar-refractivity contribution in [3.05, 3.63) is 82.9 Å². The molecule has 2 aromatic rings. The molecule has 0 heterocycles. The highest BCUT2D eigenvalue weighted by atomic mass is 19.1. The number of aliphatic hydroxyl groups excluding tert-OH is 1. The molecule has 9 heteroatoms. The molecule has 0 aromatic heterocycles. The molecule has 0 saturated heterocycles. The van der Waals surface area contributed by atoms with Gasteiger partial charge in [0.15, 0.2) is 0 Å². The average Bonchev–Trinajstić information content (AvgIpc) is 2.90. The zero-order valence-corrected chi connectivity index (χ0v) is 23.6. The molecule has 0 aliphatic rings. The molecule has 3 N–H and O–H groups in total. The lowest BCUT2D eigenvalue weighted by Gasteiger charge is -2.25. The average molecular weight is 558 g/mol. The van der Waals surface area contributed by atoms with Gasteiger partial charge < -0.3 is 20.6 Å². The van der Waals surface area contributed by atoms with E-state index in [1.54, 1.807) is 30.0 Å². The summed E-state index contributed by atoms with van der Waals surface area (Å²) in [4.78, 5) is 40.2. The summed E-state index contributed by atoms with van der Waals surface area (Å²) in [7, 11) is 0. The molecule has 0 bridgehead atoms. The predicted octanol–water partition coefficient (Wildman–Crippen LogP) is 4.71. The smallest absolute Gasteiger partial charge is 0.253 e. The van der Waals surface area contributed by atoms with Gasteiger partial charge in [-0.2, -0.15) is 0 Å². The van der Waals surface area contributed by atoms with Crippen LogP contribution in [0.4, 0.5) is 8.78 Å². The molecule has 40 heavy (non-hydrogen) atoms. The Morgan fingerprint density at radius 3 is 2.23 bits per heavy atom. The first-order valence-corrected chi connectivity index (χ1v) is 13.8. The lowest BCUT2D eigenvalue weighted by molar-refractivity contribution is -0.121. The zero-order chi connectivity index (χ0) is 29.7. The lowest BCUT2D eigenvalue weighted by atomic mass is 9.97. The molecule has 2 aromatic carbocycles. The van der Waals surface area contributed by atoms with E-state index in [0.29, 0.717) is 25.1 Å². The lowest BCUT2D eigenvalue weighted by Crippen LogP contribution is -2.46. The van der Waals surface area contributed by atoms with E-state index in [2.05, 4.69) is 17.2 Å². The number of nitrogens with one attached hydrogen (secondary N) is 2. The van der Waals surface area contributed by atoms with Crippen molar-refractivity contribution in [1.29, 1.82) is 0 Å². The van der Waals surface area contributed by atoms with Gasteiger partial charge in [0.05, 0.1) is 12.1 Å². The number of halogens is 2. The number of amides is 3. The number of hydrogen-bond acceptors (Lipinski definition) is 4. The first-order valence-electron chi connectivity index (χ1n) is 13.8. The third-order valence-corrected chi connectivity index (χ3v) is 6.36. The summed E-state index contributed by atoms with van der Waals surface area (Å²) in [6.45, 7) is 10.7. The second kappa shape index (κ2) is 16.5. The SMILES string of the molecule is C=CCCC(=O)NCC[C@@H](O)[C@H](Cc1cc(F)cc(F)c1)NC(=O)c1cc(C)cc(C(=O)N(CCC)CCC)c1. The summed E-state index contributed by atoms with van der Waals surface area (Å²) in [6, 6.07) is 7.01. The van der Waals surface area contributed by atoms with E-state index in [4.69, 9.17) is 0 Å². The maximum Gasteiger partial charge on any atom is 0.253 e. The summed E-state index contributed by atoms with van der Waals surface area (Å²) in [5.74, 6) is -2.44. The van der Waals surface area contributed by atoms with E-state index < -0.39 is 29.7 Å². The summed E-state index contributed by atoms with van der Waals surface area (Å²) in [5.41, 5.74) is 1.59. The summed E-state index contributed by atoms with van der Waals surface area (Å²) < 4.78 is 27.7. The molecule has 0 unspecified atom stereocenters. The van der Waals surface area contributed by atoms with Crippen LogP contribution in [0.25, 0.3) is 0 Å². The number of allylic oxidation sites excluding steroid dienone is 1. The fourth-order valence-electron chi connectivity index (χ4n) is 4.47. The number of rotatable bonds is 16. The van der Waals surface area contributed by atoms with Crippen molar-refractivity contribution in [3.63, 3.8) is 0 Å². The Labute approximate surface area is 235 Å². The molecule has 3 amide bonds. The minimum atomic E-state index is -1.13. The van der Waals surface area contributed by atoms with E-state index >= 15 is 0 Å². The number of aryl methyl sites for hydroxylation is 1. The van der Waals surface area contributed by atoms with Crippen LogP contribution in [0.1, 0.15) is 77.8 Å². The van der Waals surface area contributed by atoms with Gasteiger partial charge in [0.1, 0.15) is 11.6 Å². The van der Waals surface area contributed by atoms with E-state index in [9.17, 15) is 28.3 Å². The third kappa shape index (κ3) is 10.5. The zero-order valence-electron chi connectivity index (χ0n) is 23.6. The maximum atomic E-state index is 13.9. The Balaban J connectivity index is 2.26. The van der Waals surface area contributed by atoms with Crippen LogP contribution in [0, 0.1) is 18.6 Å². The topological polar surface area (TPSA) is 98.7 Å². The largest absolute Gasteiger partial charge is 0.391 e. The first-order chi connectivity index (χ1) is 19.1. The van der Waals surface area contributed by atoms with Crippen molar-refractivity contribution < 1.29 is 28.3 Å². The Kier molecular flexibility index (Phi) is 13.5. The molecule has 0 aliphatic carbocycles. The van der Waals surface area contributed by atoms with Gasteiger partial charge in [-0.15, -0.1) is 6.58 Å². The molecule has 7 nitrogen and oxygen atoms in total. The predicted molar refractivity (Wildman–Crippen MR) is 152 cm³/mol. The number of nitrogens with zero attached hydrogens (tertiary/aromatic N) is 1. The third-order valence-electron chi connectivity index (χ3n) is 6.36. The Bertz CT molecular complexity index is 1150. The second-order valence-electron chi connectivity index (χ2n) is 9.98. The van der Waals surface area contributed by atoms with Gasteiger partial charge in [-0.3, -0.25) is 14.4 Å². The normalized spacial score (nSPS) is 12.3. The van der Waals surface area contributed by atoms with Crippen molar-refractivity contribution in [3.8, 4) is 0 Å². The van der Waals surface area contributed by atoms with Crippen LogP contribution < -0.4 is 10.6 Å². The van der Waals surface area contributed by atoms with Crippen molar-refractivity contribution in [2.45, 2.75) is 71.4 Å². The van der Waals surface area contributed by atoms with Crippen molar-refractivity contribution >= 4 is 17.7 Å². The van der Waals surface area contributed by atoms with Crippen molar-refractivity contribution in [2.24, 2.45) is 0 Å². The number of carbonyl (C=O) groups excluding carboxylic acids is 3. The van der Waals surface area contributed by atoms with Gasteiger partial charge in [0.25, 0.3) is 11.8 Å². The summed E-state index contributed by atoms with van der Waals surface area (Å²) in [6.07, 6.45) is 2.95. The maximum absolute atomic E-state index is 13.9.